The Hall–Kier alpha value is -1.21. The van der Waals surface area contributed by atoms with Crippen LogP contribution in [0.15, 0.2) is 10.1 Å². The molecular formula is C6H9N5OS. The fourth-order valence-electron chi connectivity index (χ4n) is 0.679. The fraction of sp³-hybridized carbons (Fsp3) is 0.333. The summed E-state index contributed by atoms with van der Waals surface area (Å²) < 4.78 is 0. The number of hydrogen-bond acceptors (Lipinski definition) is 6. The van der Waals surface area contributed by atoms with Crippen molar-refractivity contribution in [1.82, 2.24) is 20.4 Å². The summed E-state index contributed by atoms with van der Waals surface area (Å²) in [6, 6.07) is 0. The van der Waals surface area contributed by atoms with Crippen LogP contribution < -0.4 is 5.48 Å². The van der Waals surface area contributed by atoms with Gasteiger partial charge in [-0.25, -0.2) is 4.98 Å². The topological polar surface area (TPSA) is 83.3 Å². The van der Waals surface area contributed by atoms with Gasteiger partial charge in [0.15, 0.2) is 5.16 Å². The van der Waals surface area contributed by atoms with E-state index in [4.69, 9.17) is 5.21 Å². The highest BCUT2D eigenvalue weighted by Gasteiger charge is 1.99. The van der Waals surface area contributed by atoms with E-state index in [0.29, 0.717) is 11.0 Å². The van der Waals surface area contributed by atoms with Gasteiger partial charge < -0.3 is 0 Å². The van der Waals surface area contributed by atoms with Crippen LogP contribution in [0.1, 0.15) is 5.82 Å². The number of aliphatic imine (C=N–C) groups is 1. The molecule has 1 heterocycles. The number of rotatable bonds is 3. The molecule has 0 aromatic carbocycles. The summed E-state index contributed by atoms with van der Waals surface area (Å²) in [5.41, 5.74) is 1.77. The molecule has 0 atom stereocenters. The lowest BCUT2D eigenvalue weighted by molar-refractivity contribution is 0.240. The van der Waals surface area contributed by atoms with E-state index in [1.165, 1.54) is 11.8 Å². The third-order valence-electron chi connectivity index (χ3n) is 1.14. The number of nitrogens with one attached hydrogen (secondary N) is 1. The first-order valence-corrected chi connectivity index (χ1v) is 4.67. The summed E-state index contributed by atoms with van der Waals surface area (Å²) in [6.07, 6.45) is 2.96. The van der Waals surface area contributed by atoms with Crippen molar-refractivity contribution in [2.24, 2.45) is 4.99 Å². The molecule has 1 aromatic heterocycles. The molecule has 0 aliphatic heterocycles. The Balaban J connectivity index is 2.94. The van der Waals surface area contributed by atoms with E-state index in [0.717, 1.165) is 6.34 Å². The van der Waals surface area contributed by atoms with Crippen molar-refractivity contribution >= 4 is 24.0 Å². The molecule has 0 saturated carbocycles. The first-order chi connectivity index (χ1) is 6.26. The predicted molar refractivity (Wildman–Crippen MR) is 49.4 cm³/mol. The molecule has 7 heteroatoms. The van der Waals surface area contributed by atoms with Crippen LogP contribution in [0.3, 0.4) is 0 Å². The van der Waals surface area contributed by atoms with Crippen molar-refractivity contribution in [3.8, 4) is 0 Å². The van der Waals surface area contributed by atoms with Gasteiger partial charge in [-0.3, -0.25) is 10.7 Å². The highest BCUT2D eigenvalue weighted by Crippen LogP contribution is 2.11. The van der Waals surface area contributed by atoms with Crippen molar-refractivity contribution in [2.45, 2.75) is 12.1 Å². The smallest absolute Gasteiger partial charge is 0.255 e. The largest absolute Gasteiger partial charge is 0.290 e. The van der Waals surface area contributed by atoms with Crippen molar-refractivity contribution < 1.29 is 5.21 Å². The highest BCUT2D eigenvalue weighted by atomic mass is 32.2. The van der Waals surface area contributed by atoms with Crippen molar-refractivity contribution in [1.29, 1.82) is 0 Å². The van der Waals surface area contributed by atoms with Gasteiger partial charge in [0.1, 0.15) is 12.2 Å². The summed E-state index contributed by atoms with van der Waals surface area (Å²) in [5, 5.41) is 8.86. The summed E-state index contributed by atoms with van der Waals surface area (Å²) in [6.45, 7) is 1.76. The predicted octanol–water partition coefficient (Wildman–Crippen LogP) is 0.541. The molecule has 13 heavy (non-hydrogen) atoms. The molecule has 1 aromatic rings. The first kappa shape index (κ1) is 9.87. The molecule has 0 fully saturated rings. The lowest BCUT2D eigenvalue weighted by Gasteiger charge is -1.97. The number of hydrogen-bond donors (Lipinski definition) is 2. The van der Waals surface area contributed by atoms with Gasteiger partial charge in [0.25, 0.3) is 5.95 Å². The molecule has 0 radical (unpaired) electrons. The minimum atomic E-state index is 0.276. The highest BCUT2D eigenvalue weighted by molar-refractivity contribution is 7.98. The van der Waals surface area contributed by atoms with Crippen LogP contribution in [0.4, 0.5) is 5.95 Å². The summed E-state index contributed by atoms with van der Waals surface area (Å²) in [5.74, 6) is 0.878. The van der Waals surface area contributed by atoms with Crippen molar-refractivity contribution in [3.63, 3.8) is 0 Å². The van der Waals surface area contributed by atoms with Crippen LogP contribution in [0.5, 0.6) is 0 Å². The van der Waals surface area contributed by atoms with Crippen LogP contribution in [-0.4, -0.2) is 32.8 Å². The molecule has 0 saturated heterocycles. The Labute approximate surface area is 79.5 Å². The molecule has 70 valence electrons. The van der Waals surface area contributed by atoms with Gasteiger partial charge in [0.05, 0.1) is 0 Å². The van der Waals surface area contributed by atoms with Gasteiger partial charge in [-0.1, -0.05) is 11.8 Å². The third-order valence-corrected chi connectivity index (χ3v) is 1.68. The van der Waals surface area contributed by atoms with Gasteiger partial charge in [-0.2, -0.15) is 15.0 Å². The normalized spacial score (nSPS) is 10.7. The SMILES string of the molecule is CSc1nc(C)nc(N=CNO)n1. The monoisotopic (exact) mass is 199 g/mol. The Morgan fingerprint density at radius 2 is 2.23 bits per heavy atom. The zero-order valence-electron chi connectivity index (χ0n) is 7.22. The Kier molecular flexibility index (Phi) is 3.59. The molecule has 0 spiro atoms. The van der Waals surface area contributed by atoms with E-state index in [-0.39, 0.29) is 5.95 Å². The van der Waals surface area contributed by atoms with E-state index in [1.807, 2.05) is 6.26 Å². The number of aryl methyl sites for hydroxylation is 1. The average Bonchev–Trinajstić information content (AvgIpc) is 2.14. The van der Waals surface area contributed by atoms with Crippen LogP contribution >= 0.6 is 11.8 Å². The summed E-state index contributed by atoms with van der Waals surface area (Å²) in [7, 11) is 0. The third kappa shape index (κ3) is 2.96. The van der Waals surface area contributed by atoms with E-state index in [9.17, 15) is 0 Å². The molecule has 1 rings (SSSR count). The molecule has 0 aliphatic rings. The first-order valence-electron chi connectivity index (χ1n) is 3.45. The van der Waals surface area contributed by atoms with Crippen molar-refractivity contribution in [2.75, 3.05) is 6.26 Å². The van der Waals surface area contributed by atoms with Crippen LogP contribution in [0, 0.1) is 6.92 Å². The molecular weight excluding hydrogens is 190 g/mol. The Morgan fingerprint density at radius 1 is 1.46 bits per heavy atom. The minimum Gasteiger partial charge on any atom is -0.290 e. The van der Waals surface area contributed by atoms with Gasteiger partial charge >= 0.3 is 0 Å². The lowest BCUT2D eigenvalue weighted by Crippen LogP contribution is -2.02. The molecule has 0 bridgehead atoms. The van der Waals surface area contributed by atoms with Crippen LogP contribution in [0.2, 0.25) is 0 Å². The maximum Gasteiger partial charge on any atom is 0.255 e. The van der Waals surface area contributed by atoms with Gasteiger partial charge in [-0.05, 0) is 13.2 Å². The molecule has 0 amide bonds. The fourth-order valence-corrected chi connectivity index (χ4v) is 1.08. The van der Waals surface area contributed by atoms with Gasteiger partial charge in [0, 0.05) is 0 Å². The second kappa shape index (κ2) is 4.73. The summed E-state index contributed by atoms with van der Waals surface area (Å²) >= 11 is 1.41. The minimum absolute atomic E-state index is 0.276. The number of hydroxylamine groups is 1. The molecule has 0 unspecified atom stereocenters. The molecule has 2 N–H and O–H groups in total. The van der Waals surface area contributed by atoms with E-state index >= 15 is 0 Å². The maximum atomic E-state index is 8.25. The van der Waals surface area contributed by atoms with E-state index in [1.54, 1.807) is 12.4 Å². The Morgan fingerprint density at radius 3 is 2.85 bits per heavy atom. The molecule has 6 nitrogen and oxygen atoms in total. The number of aromatic nitrogens is 3. The second-order valence-corrected chi connectivity index (χ2v) is 2.83. The number of nitrogens with zero attached hydrogens (tertiary/aromatic N) is 4. The zero-order chi connectivity index (χ0) is 9.68. The lowest BCUT2D eigenvalue weighted by atomic mass is 10.7. The second-order valence-electron chi connectivity index (χ2n) is 2.06. The Bertz CT molecular complexity index is 316. The quantitative estimate of drug-likeness (QED) is 0.320. The molecule has 0 aliphatic carbocycles. The van der Waals surface area contributed by atoms with Crippen LogP contribution in [0.25, 0.3) is 0 Å². The van der Waals surface area contributed by atoms with E-state index < -0.39 is 0 Å². The number of thioether (sulfide) groups is 1. The van der Waals surface area contributed by atoms with Gasteiger partial charge in [-0.15, -0.1) is 0 Å². The maximum absolute atomic E-state index is 8.25. The van der Waals surface area contributed by atoms with Crippen LogP contribution in [-0.2, 0) is 0 Å². The summed E-state index contributed by atoms with van der Waals surface area (Å²) in [4.78, 5) is 15.7. The average molecular weight is 199 g/mol. The zero-order valence-corrected chi connectivity index (χ0v) is 8.04. The van der Waals surface area contributed by atoms with Gasteiger partial charge in [0.2, 0.25) is 0 Å². The van der Waals surface area contributed by atoms with E-state index in [2.05, 4.69) is 19.9 Å². The standard InChI is InChI=1S/C6H9N5OS/c1-4-9-5(7-3-8-12)11-6(10-4)13-2/h3,12H,1-2H3,(H,7,8,9,10,11). The van der Waals surface area contributed by atoms with Crippen molar-refractivity contribution in [3.05, 3.63) is 5.82 Å².